The molecule has 2 atom stereocenters. The molecule has 2 aliphatic heterocycles. The number of carbonyl (C=O) groups is 1. The minimum absolute atomic E-state index is 0.0419. The van der Waals surface area contributed by atoms with Gasteiger partial charge < -0.3 is 24.2 Å². The summed E-state index contributed by atoms with van der Waals surface area (Å²) in [4.78, 5) is 20.8. The Labute approximate surface area is 170 Å². The van der Waals surface area contributed by atoms with Gasteiger partial charge in [0.25, 0.3) is 0 Å². The number of aliphatic hydroxyl groups is 1. The number of likely N-dealkylation sites (tertiary alicyclic amines) is 2. The number of hydrogen-bond acceptors (Lipinski definition) is 6. The van der Waals surface area contributed by atoms with E-state index in [-0.39, 0.29) is 23.9 Å². The molecule has 0 spiro atoms. The molecule has 2 aromatic rings. The number of aryl methyl sites for hydroxylation is 1. The summed E-state index contributed by atoms with van der Waals surface area (Å²) in [6, 6.07) is 8.80. The van der Waals surface area contributed by atoms with Crippen molar-refractivity contribution in [2.24, 2.45) is 0 Å². The Bertz CT molecular complexity index is 831. The van der Waals surface area contributed by atoms with Crippen LogP contribution in [0.3, 0.4) is 0 Å². The molecule has 156 valence electrons. The van der Waals surface area contributed by atoms with E-state index in [1.807, 2.05) is 11.8 Å². The lowest BCUT2D eigenvalue weighted by Gasteiger charge is -2.43. The van der Waals surface area contributed by atoms with Crippen LogP contribution in [0.2, 0.25) is 0 Å². The van der Waals surface area contributed by atoms with Crippen LogP contribution in [0.4, 0.5) is 4.79 Å². The molecule has 2 amide bonds. The molecule has 1 aromatic heterocycles. The van der Waals surface area contributed by atoms with Crippen LogP contribution in [0, 0.1) is 0 Å². The lowest BCUT2D eigenvalue weighted by Crippen LogP contribution is -2.59. The number of aliphatic hydroxyl groups excluding tert-OH is 1. The van der Waals surface area contributed by atoms with Gasteiger partial charge in [0.05, 0.1) is 31.7 Å². The molecule has 0 bridgehead atoms. The molecule has 0 saturated carbocycles. The molecule has 2 fully saturated rings. The van der Waals surface area contributed by atoms with Crippen molar-refractivity contribution >= 4 is 6.03 Å². The first-order chi connectivity index (χ1) is 14.1. The molecule has 0 radical (unpaired) electrons. The van der Waals surface area contributed by atoms with Gasteiger partial charge in [-0.05, 0) is 36.0 Å². The van der Waals surface area contributed by atoms with Gasteiger partial charge in [0.2, 0.25) is 5.89 Å². The molecule has 29 heavy (non-hydrogen) atoms. The Kier molecular flexibility index (Phi) is 5.71. The van der Waals surface area contributed by atoms with Gasteiger partial charge in [-0.25, -0.2) is 4.79 Å². The normalized spacial score (nSPS) is 22.4. The van der Waals surface area contributed by atoms with E-state index in [0.29, 0.717) is 38.7 Å². The van der Waals surface area contributed by atoms with E-state index in [0.717, 1.165) is 12.8 Å². The van der Waals surface area contributed by atoms with Gasteiger partial charge in [0, 0.05) is 19.0 Å². The predicted octanol–water partition coefficient (Wildman–Crippen LogP) is 2.40. The van der Waals surface area contributed by atoms with Gasteiger partial charge in [0.15, 0.2) is 0 Å². The molecular weight excluding hydrogens is 372 g/mol. The van der Waals surface area contributed by atoms with Gasteiger partial charge in [-0.3, -0.25) is 0 Å². The second-order valence-electron chi connectivity index (χ2n) is 7.82. The Hall–Kier alpha value is -2.61. The van der Waals surface area contributed by atoms with Crippen LogP contribution >= 0.6 is 0 Å². The van der Waals surface area contributed by atoms with Crippen LogP contribution in [0.15, 0.2) is 28.8 Å². The van der Waals surface area contributed by atoms with Crippen LogP contribution in [-0.2, 0) is 6.42 Å². The summed E-state index contributed by atoms with van der Waals surface area (Å²) in [5.41, 5.74) is 2.50. The van der Waals surface area contributed by atoms with Crippen molar-refractivity contribution in [2.75, 3.05) is 32.8 Å². The van der Waals surface area contributed by atoms with Gasteiger partial charge in [-0.2, -0.15) is 4.98 Å². The highest BCUT2D eigenvalue weighted by molar-refractivity contribution is 5.75. The third-order valence-electron chi connectivity index (χ3n) is 5.76. The number of nitrogens with zero attached hydrogens (tertiary/aromatic N) is 4. The first-order valence-electron chi connectivity index (χ1n) is 10.3. The fourth-order valence-corrected chi connectivity index (χ4v) is 4.09. The van der Waals surface area contributed by atoms with Crippen LogP contribution in [0.5, 0.6) is 6.01 Å². The standard InChI is InChI=1S/C21H28N4O4/c1-3-14-5-7-15(8-6-14)16-9-17(19-22-20(23-29-19)28-4-2)11-24(10-16)21(27)25-12-18(26)13-25/h5-8,16-18,26H,3-4,9-13H2,1-2H3. The lowest BCUT2D eigenvalue weighted by atomic mass is 9.84. The molecule has 2 saturated heterocycles. The van der Waals surface area contributed by atoms with Crippen molar-refractivity contribution in [3.8, 4) is 6.01 Å². The number of urea groups is 1. The van der Waals surface area contributed by atoms with Crippen LogP contribution < -0.4 is 4.74 Å². The predicted molar refractivity (Wildman–Crippen MR) is 106 cm³/mol. The average molecular weight is 400 g/mol. The van der Waals surface area contributed by atoms with Crippen molar-refractivity contribution in [2.45, 2.75) is 44.6 Å². The summed E-state index contributed by atoms with van der Waals surface area (Å²) in [5.74, 6) is 0.624. The molecule has 2 unspecified atom stereocenters. The van der Waals surface area contributed by atoms with Crippen LogP contribution in [-0.4, -0.2) is 70.0 Å². The first-order valence-corrected chi connectivity index (χ1v) is 10.3. The molecule has 0 aliphatic carbocycles. The number of piperidine rings is 1. The maximum atomic E-state index is 12.9. The third-order valence-corrected chi connectivity index (χ3v) is 5.76. The zero-order valence-corrected chi connectivity index (χ0v) is 17.0. The number of ether oxygens (including phenoxy) is 1. The highest BCUT2D eigenvalue weighted by Crippen LogP contribution is 2.36. The Balaban J connectivity index is 1.56. The molecule has 8 heteroatoms. The molecule has 4 rings (SSSR count). The Morgan fingerprint density at radius 1 is 1.14 bits per heavy atom. The van der Waals surface area contributed by atoms with E-state index < -0.39 is 6.10 Å². The van der Waals surface area contributed by atoms with Crippen molar-refractivity contribution in [1.29, 1.82) is 0 Å². The molecule has 1 N–H and O–H groups in total. The molecule has 2 aliphatic rings. The third kappa shape index (κ3) is 4.22. The molecular formula is C21H28N4O4. The van der Waals surface area contributed by atoms with E-state index in [4.69, 9.17) is 9.26 Å². The minimum Gasteiger partial charge on any atom is -0.462 e. The summed E-state index contributed by atoms with van der Waals surface area (Å²) >= 11 is 0. The van der Waals surface area contributed by atoms with Crippen LogP contribution in [0.1, 0.15) is 49.1 Å². The summed E-state index contributed by atoms with van der Waals surface area (Å²) in [5, 5.41) is 13.5. The summed E-state index contributed by atoms with van der Waals surface area (Å²) in [7, 11) is 0. The number of benzene rings is 1. The Morgan fingerprint density at radius 3 is 2.48 bits per heavy atom. The lowest BCUT2D eigenvalue weighted by molar-refractivity contribution is 0.0111. The van der Waals surface area contributed by atoms with Gasteiger partial charge >= 0.3 is 12.0 Å². The summed E-state index contributed by atoms with van der Waals surface area (Å²) in [6.45, 7) is 6.42. The van der Waals surface area contributed by atoms with E-state index in [9.17, 15) is 9.90 Å². The number of rotatable bonds is 5. The van der Waals surface area contributed by atoms with Gasteiger partial charge in [-0.1, -0.05) is 31.2 Å². The van der Waals surface area contributed by atoms with Gasteiger partial charge in [0.1, 0.15) is 0 Å². The first kappa shape index (κ1) is 19.7. The Morgan fingerprint density at radius 2 is 1.83 bits per heavy atom. The smallest absolute Gasteiger partial charge is 0.354 e. The van der Waals surface area contributed by atoms with Crippen molar-refractivity contribution in [3.63, 3.8) is 0 Å². The molecule has 1 aromatic carbocycles. The highest BCUT2D eigenvalue weighted by atomic mass is 16.5. The SMILES string of the molecule is CCOc1noc(C2CC(c3ccc(CC)cc3)CN(C(=O)N3CC(O)C3)C2)n1. The number of amides is 2. The molecule has 8 nitrogen and oxygen atoms in total. The van der Waals surface area contributed by atoms with E-state index in [1.165, 1.54) is 11.1 Å². The fourth-order valence-electron chi connectivity index (χ4n) is 4.09. The summed E-state index contributed by atoms with van der Waals surface area (Å²) < 4.78 is 10.8. The monoisotopic (exact) mass is 400 g/mol. The number of β-amino-alcohol motifs (C(OH)–C–C–N with tert-alkyl or cyclic N) is 1. The summed E-state index contributed by atoms with van der Waals surface area (Å²) in [6.07, 6.45) is 1.41. The fraction of sp³-hybridized carbons (Fsp3) is 0.571. The van der Waals surface area contributed by atoms with Crippen LogP contribution in [0.25, 0.3) is 0 Å². The minimum atomic E-state index is -0.415. The number of aromatic nitrogens is 2. The van der Waals surface area contributed by atoms with E-state index in [1.54, 1.807) is 4.90 Å². The second-order valence-corrected chi connectivity index (χ2v) is 7.82. The topological polar surface area (TPSA) is 91.9 Å². The number of hydrogen-bond donors (Lipinski definition) is 1. The second kappa shape index (κ2) is 8.41. The quantitative estimate of drug-likeness (QED) is 0.829. The number of carbonyl (C=O) groups excluding carboxylic acids is 1. The van der Waals surface area contributed by atoms with Crippen molar-refractivity contribution < 1.29 is 19.2 Å². The maximum Gasteiger partial charge on any atom is 0.354 e. The largest absolute Gasteiger partial charge is 0.462 e. The maximum absolute atomic E-state index is 12.9. The van der Waals surface area contributed by atoms with Gasteiger partial charge in [-0.15, -0.1) is 0 Å². The van der Waals surface area contributed by atoms with Crippen molar-refractivity contribution in [1.82, 2.24) is 19.9 Å². The highest BCUT2D eigenvalue weighted by Gasteiger charge is 2.39. The van der Waals surface area contributed by atoms with E-state index >= 15 is 0 Å². The molecule has 3 heterocycles. The zero-order valence-electron chi connectivity index (χ0n) is 17.0. The average Bonchev–Trinajstić information content (AvgIpc) is 3.20. The van der Waals surface area contributed by atoms with Crippen molar-refractivity contribution in [3.05, 3.63) is 41.3 Å². The van der Waals surface area contributed by atoms with E-state index in [2.05, 4.69) is 41.3 Å². The zero-order chi connectivity index (χ0) is 20.4.